The Labute approximate surface area is 154 Å². The predicted octanol–water partition coefficient (Wildman–Crippen LogP) is 2.52. The van der Waals surface area contributed by atoms with Crippen molar-refractivity contribution in [2.24, 2.45) is 0 Å². The molecule has 6 heteroatoms. The second-order valence-electron chi connectivity index (χ2n) is 6.77. The van der Waals surface area contributed by atoms with Gasteiger partial charge in [0.2, 0.25) is 0 Å². The molecule has 134 valence electrons. The molecule has 0 bridgehead atoms. The quantitative estimate of drug-likeness (QED) is 0.784. The molecule has 6 nitrogen and oxygen atoms in total. The number of Topliss-reactive ketones (excluding diaryl/α,β-unsaturated/α-hetero) is 2. The zero-order chi connectivity index (χ0) is 18.7. The van der Waals surface area contributed by atoms with Gasteiger partial charge in [0.05, 0.1) is 17.6 Å². The third-order valence-corrected chi connectivity index (χ3v) is 5.22. The van der Waals surface area contributed by atoms with Gasteiger partial charge in [-0.05, 0) is 11.6 Å². The lowest BCUT2D eigenvalue weighted by Gasteiger charge is -2.36. The van der Waals surface area contributed by atoms with Crippen LogP contribution >= 0.6 is 0 Å². The van der Waals surface area contributed by atoms with Crippen LogP contribution in [0.25, 0.3) is 0 Å². The van der Waals surface area contributed by atoms with Crippen LogP contribution in [-0.4, -0.2) is 34.9 Å². The third-order valence-electron chi connectivity index (χ3n) is 5.22. The number of ketones is 2. The van der Waals surface area contributed by atoms with Crippen molar-refractivity contribution in [1.29, 1.82) is 0 Å². The van der Waals surface area contributed by atoms with Crippen LogP contribution in [0.15, 0.2) is 59.7 Å². The van der Waals surface area contributed by atoms with Gasteiger partial charge in [-0.3, -0.25) is 14.4 Å². The van der Waals surface area contributed by atoms with Crippen LogP contribution in [0.1, 0.15) is 38.8 Å². The van der Waals surface area contributed by atoms with Gasteiger partial charge in [-0.2, -0.15) is 0 Å². The number of carbonyl (C=O) groups excluding carboxylic acids is 3. The van der Waals surface area contributed by atoms with E-state index in [-0.39, 0.29) is 34.4 Å². The van der Waals surface area contributed by atoms with E-state index in [2.05, 4.69) is 0 Å². The maximum Gasteiger partial charge on any atom is 0.309 e. The molecular weight excluding hydrogens is 348 g/mol. The summed E-state index contributed by atoms with van der Waals surface area (Å²) >= 11 is 0. The fourth-order valence-corrected chi connectivity index (χ4v) is 4.05. The topological polar surface area (TPSA) is 89.9 Å². The summed E-state index contributed by atoms with van der Waals surface area (Å²) in [4.78, 5) is 38.3. The number of phenols is 1. The molecule has 0 aromatic heterocycles. The van der Waals surface area contributed by atoms with E-state index in [1.807, 2.05) is 18.2 Å². The highest BCUT2D eigenvalue weighted by Gasteiger charge is 2.52. The lowest BCUT2D eigenvalue weighted by molar-refractivity contribution is -0.140. The molecule has 1 aliphatic carbocycles. The summed E-state index contributed by atoms with van der Waals surface area (Å²) in [7, 11) is 0. The van der Waals surface area contributed by atoms with E-state index in [0.717, 1.165) is 0 Å². The fraction of sp³-hybridized carbons (Fsp3) is 0.190. The molecule has 0 spiro atoms. The number of carbonyl (C=O) groups is 3. The highest BCUT2D eigenvalue weighted by atomic mass is 16.6. The molecule has 2 aromatic carbocycles. The summed E-state index contributed by atoms with van der Waals surface area (Å²) in [6.45, 7) is 0. The third kappa shape index (κ3) is 2.20. The van der Waals surface area contributed by atoms with Crippen LogP contribution in [0, 0.1) is 0 Å². The summed E-state index contributed by atoms with van der Waals surface area (Å²) in [5.41, 5.74) is 1.08. The summed E-state index contributed by atoms with van der Waals surface area (Å²) in [6, 6.07) is 13.4. The molecule has 3 aliphatic rings. The van der Waals surface area contributed by atoms with Crippen LogP contribution < -0.4 is 0 Å². The number of fused-ring (bicyclic) bond motifs is 3. The van der Waals surface area contributed by atoms with Gasteiger partial charge in [-0.15, -0.1) is 0 Å². The Morgan fingerprint density at radius 3 is 2.44 bits per heavy atom. The molecule has 5 rings (SSSR count). The molecule has 0 amide bonds. The lowest BCUT2D eigenvalue weighted by Crippen LogP contribution is -2.42. The van der Waals surface area contributed by atoms with Crippen LogP contribution in [0.2, 0.25) is 0 Å². The first-order valence-corrected chi connectivity index (χ1v) is 8.61. The monoisotopic (exact) mass is 362 g/mol. The van der Waals surface area contributed by atoms with Crippen molar-refractivity contribution in [2.45, 2.75) is 24.7 Å². The Hall–Kier alpha value is -3.25. The van der Waals surface area contributed by atoms with Gasteiger partial charge < -0.3 is 14.6 Å². The second-order valence-corrected chi connectivity index (χ2v) is 6.77. The first-order valence-electron chi connectivity index (χ1n) is 8.61. The minimum atomic E-state index is -0.903. The van der Waals surface area contributed by atoms with Crippen molar-refractivity contribution in [3.8, 4) is 5.75 Å². The average Bonchev–Trinajstić information content (AvgIpc) is 3.05. The van der Waals surface area contributed by atoms with Crippen molar-refractivity contribution in [3.63, 3.8) is 0 Å². The van der Waals surface area contributed by atoms with Crippen LogP contribution in [0.5, 0.6) is 5.75 Å². The smallest absolute Gasteiger partial charge is 0.309 e. The SMILES string of the molecule is O=C1C[C@H]2O[C@H](c3ccccc3)C3=C(C(=O)c4cccc(O)c4C3=O)[C@H]2O1. The molecule has 0 saturated carbocycles. The Morgan fingerprint density at radius 2 is 1.67 bits per heavy atom. The summed E-state index contributed by atoms with van der Waals surface area (Å²) < 4.78 is 11.4. The number of benzene rings is 2. The first-order chi connectivity index (χ1) is 13.1. The number of phenolic OH excluding ortho intramolecular Hbond substituents is 1. The zero-order valence-corrected chi connectivity index (χ0v) is 14.0. The molecule has 0 radical (unpaired) electrons. The van der Waals surface area contributed by atoms with Gasteiger partial charge in [0.15, 0.2) is 17.7 Å². The molecule has 3 atom stereocenters. The lowest BCUT2D eigenvalue weighted by atomic mass is 9.75. The molecular formula is C21H14O6. The van der Waals surface area contributed by atoms with Gasteiger partial charge in [0.1, 0.15) is 18.0 Å². The molecule has 1 saturated heterocycles. The number of ether oxygens (including phenoxy) is 2. The van der Waals surface area contributed by atoms with Crippen LogP contribution in [0.4, 0.5) is 0 Å². The van der Waals surface area contributed by atoms with Gasteiger partial charge in [-0.25, -0.2) is 0 Å². The molecule has 2 aromatic rings. The Bertz CT molecular complexity index is 1040. The van der Waals surface area contributed by atoms with Gasteiger partial charge in [-0.1, -0.05) is 42.5 Å². The molecule has 0 unspecified atom stereocenters. The van der Waals surface area contributed by atoms with Crippen molar-refractivity contribution in [3.05, 3.63) is 76.4 Å². The summed E-state index contributed by atoms with van der Waals surface area (Å²) in [6.07, 6.45) is -2.31. The highest BCUT2D eigenvalue weighted by molar-refractivity contribution is 6.29. The van der Waals surface area contributed by atoms with E-state index in [1.54, 1.807) is 12.1 Å². The maximum atomic E-state index is 13.3. The fourth-order valence-electron chi connectivity index (χ4n) is 4.05. The number of hydrogen-bond donors (Lipinski definition) is 1. The Balaban J connectivity index is 1.76. The van der Waals surface area contributed by atoms with E-state index in [1.165, 1.54) is 18.2 Å². The first kappa shape index (κ1) is 16.0. The van der Waals surface area contributed by atoms with E-state index in [9.17, 15) is 19.5 Å². The summed E-state index contributed by atoms with van der Waals surface area (Å²) in [5, 5.41) is 10.2. The van der Waals surface area contributed by atoms with Crippen molar-refractivity contribution in [1.82, 2.24) is 0 Å². The number of aromatic hydroxyl groups is 1. The molecule has 1 fully saturated rings. The van der Waals surface area contributed by atoms with E-state index < -0.39 is 35.8 Å². The van der Waals surface area contributed by atoms with Gasteiger partial charge in [0, 0.05) is 11.1 Å². The van der Waals surface area contributed by atoms with Crippen molar-refractivity contribution >= 4 is 17.5 Å². The molecule has 2 heterocycles. The van der Waals surface area contributed by atoms with Gasteiger partial charge >= 0.3 is 5.97 Å². The van der Waals surface area contributed by atoms with E-state index in [0.29, 0.717) is 5.56 Å². The van der Waals surface area contributed by atoms with E-state index in [4.69, 9.17) is 9.47 Å². The zero-order valence-electron chi connectivity index (χ0n) is 14.0. The standard InChI is InChI=1S/C21H14O6/c22-12-8-4-7-11-15(12)19(25)17-16(18(11)24)21-13(9-14(23)27-21)26-20(17)10-5-2-1-3-6-10/h1-8,13,20-22H,9H2/t13-,20-,21+/m1/s1. The predicted molar refractivity (Wildman–Crippen MR) is 92.3 cm³/mol. The number of hydrogen-bond acceptors (Lipinski definition) is 6. The van der Waals surface area contributed by atoms with Crippen LogP contribution in [0.3, 0.4) is 0 Å². The second kappa shape index (κ2) is 5.62. The Morgan fingerprint density at radius 1 is 0.889 bits per heavy atom. The van der Waals surface area contributed by atoms with Crippen molar-refractivity contribution < 1.29 is 29.0 Å². The van der Waals surface area contributed by atoms with Crippen LogP contribution in [-0.2, 0) is 14.3 Å². The Kier molecular flexibility index (Phi) is 3.32. The average molecular weight is 362 g/mol. The molecule has 2 aliphatic heterocycles. The summed E-state index contributed by atoms with van der Waals surface area (Å²) in [5.74, 6) is -1.61. The van der Waals surface area contributed by atoms with Crippen molar-refractivity contribution in [2.75, 3.05) is 0 Å². The normalized spacial score (nSPS) is 26.4. The largest absolute Gasteiger partial charge is 0.507 e. The maximum absolute atomic E-state index is 13.3. The molecule has 1 N–H and O–H groups in total. The minimum Gasteiger partial charge on any atom is -0.507 e. The number of esters is 1. The van der Waals surface area contributed by atoms with E-state index >= 15 is 0 Å². The number of rotatable bonds is 1. The minimum absolute atomic E-state index is 0.0269. The molecule has 27 heavy (non-hydrogen) atoms. The highest BCUT2D eigenvalue weighted by Crippen LogP contribution is 2.47. The van der Waals surface area contributed by atoms with Gasteiger partial charge in [0.25, 0.3) is 0 Å².